The van der Waals surface area contributed by atoms with Crippen molar-refractivity contribution in [3.63, 3.8) is 0 Å². The van der Waals surface area contributed by atoms with Crippen LogP contribution in [0.25, 0.3) is 0 Å². The SMILES string of the molecule is CC(=O)c1c(C)cc(C)c(CN(C)C(C)C(=O)O)c1C. The quantitative estimate of drug-likeness (QED) is 0.841. The Morgan fingerprint density at radius 2 is 1.80 bits per heavy atom. The Balaban J connectivity index is 3.22. The van der Waals surface area contributed by atoms with Gasteiger partial charge in [0.05, 0.1) is 0 Å². The molecule has 20 heavy (non-hydrogen) atoms. The van der Waals surface area contributed by atoms with Crippen LogP contribution in [0.1, 0.15) is 46.5 Å². The number of aliphatic carboxylic acids is 1. The van der Waals surface area contributed by atoms with Crippen LogP contribution in [0.4, 0.5) is 0 Å². The zero-order valence-corrected chi connectivity index (χ0v) is 13.1. The van der Waals surface area contributed by atoms with Crippen LogP contribution in [0.3, 0.4) is 0 Å². The minimum atomic E-state index is -0.846. The number of ketones is 1. The molecule has 1 atom stereocenters. The second-order valence-electron chi connectivity index (χ2n) is 5.47. The summed E-state index contributed by atoms with van der Waals surface area (Å²) in [5.74, 6) is -0.795. The summed E-state index contributed by atoms with van der Waals surface area (Å²) in [5.41, 5.74) is 4.82. The number of aryl methyl sites for hydroxylation is 2. The van der Waals surface area contributed by atoms with Gasteiger partial charge in [0.15, 0.2) is 5.78 Å². The third-order valence-corrected chi connectivity index (χ3v) is 3.91. The highest BCUT2D eigenvalue weighted by Crippen LogP contribution is 2.24. The topological polar surface area (TPSA) is 57.6 Å². The van der Waals surface area contributed by atoms with Crippen molar-refractivity contribution in [2.24, 2.45) is 0 Å². The first-order valence-corrected chi connectivity index (χ1v) is 6.70. The Morgan fingerprint density at radius 1 is 1.25 bits per heavy atom. The van der Waals surface area contributed by atoms with Crippen molar-refractivity contribution in [3.8, 4) is 0 Å². The summed E-state index contributed by atoms with van der Waals surface area (Å²) in [6.45, 7) is 9.62. The van der Waals surface area contributed by atoms with Gasteiger partial charge in [0.25, 0.3) is 0 Å². The number of rotatable bonds is 5. The Morgan fingerprint density at radius 3 is 2.25 bits per heavy atom. The number of carbonyl (C=O) groups excluding carboxylic acids is 1. The Kier molecular flexibility index (Phi) is 5.06. The van der Waals surface area contributed by atoms with E-state index in [1.807, 2.05) is 26.8 Å². The molecule has 1 rings (SSSR count). The van der Waals surface area contributed by atoms with Crippen molar-refractivity contribution >= 4 is 11.8 Å². The maximum absolute atomic E-state index is 11.8. The smallest absolute Gasteiger partial charge is 0.320 e. The van der Waals surface area contributed by atoms with Gasteiger partial charge in [-0.25, -0.2) is 0 Å². The monoisotopic (exact) mass is 277 g/mol. The van der Waals surface area contributed by atoms with Gasteiger partial charge in [-0.1, -0.05) is 6.07 Å². The third-order valence-electron chi connectivity index (χ3n) is 3.91. The standard InChI is InChI=1S/C16H23NO3/c1-9-7-10(2)15(13(5)18)11(3)14(9)8-17(6)12(4)16(19)20/h7,12H,8H2,1-6H3,(H,19,20). The van der Waals surface area contributed by atoms with E-state index in [4.69, 9.17) is 5.11 Å². The maximum atomic E-state index is 11.8. The molecule has 0 radical (unpaired) electrons. The molecule has 4 heteroatoms. The van der Waals surface area contributed by atoms with Gasteiger partial charge in [0.1, 0.15) is 6.04 Å². The summed E-state index contributed by atoms with van der Waals surface area (Å²) < 4.78 is 0. The zero-order chi connectivity index (χ0) is 15.6. The van der Waals surface area contributed by atoms with E-state index in [1.54, 1.807) is 25.8 Å². The molecule has 0 bridgehead atoms. The largest absolute Gasteiger partial charge is 0.480 e. The van der Waals surface area contributed by atoms with E-state index in [2.05, 4.69) is 0 Å². The van der Waals surface area contributed by atoms with E-state index in [0.717, 1.165) is 27.8 Å². The second kappa shape index (κ2) is 6.18. The lowest BCUT2D eigenvalue weighted by molar-refractivity contribution is -0.142. The highest BCUT2D eigenvalue weighted by atomic mass is 16.4. The molecule has 1 unspecified atom stereocenters. The lowest BCUT2D eigenvalue weighted by Crippen LogP contribution is -2.35. The molecule has 0 fully saturated rings. The van der Waals surface area contributed by atoms with Gasteiger partial charge in [0.2, 0.25) is 0 Å². The van der Waals surface area contributed by atoms with Gasteiger partial charge >= 0.3 is 5.97 Å². The minimum Gasteiger partial charge on any atom is -0.480 e. The first-order valence-electron chi connectivity index (χ1n) is 6.70. The zero-order valence-electron chi connectivity index (χ0n) is 13.1. The van der Waals surface area contributed by atoms with Gasteiger partial charge in [-0.15, -0.1) is 0 Å². The molecule has 1 aromatic rings. The molecule has 0 saturated carbocycles. The van der Waals surface area contributed by atoms with Crippen LogP contribution in [0.5, 0.6) is 0 Å². The summed E-state index contributed by atoms with van der Waals surface area (Å²) >= 11 is 0. The van der Waals surface area contributed by atoms with E-state index in [1.165, 1.54) is 0 Å². The molecule has 110 valence electrons. The maximum Gasteiger partial charge on any atom is 0.320 e. The van der Waals surface area contributed by atoms with Crippen LogP contribution < -0.4 is 0 Å². The van der Waals surface area contributed by atoms with Crippen LogP contribution in [0.15, 0.2) is 6.07 Å². The number of nitrogens with zero attached hydrogens (tertiary/aromatic N) is 1. The third kappa shape index (κ3) is 3.25. The number of likely N-dealkylation sites (N-methyl/N-ethyl adjacent to an activating group) is 1. The molecule has 0 aliphatic rings. The predicted molar refractivity (Wildman–Crippen MR) is 79.2 cm³/mol. The molecule has 4 nitrogen and oxygen atoms in total. The first-order chi connectivity index (χ1) is 9.16. The van der Waals surface area contributed by atoms with Gasteiger partial charge in [-0.3, -0.25) is 14.5 Å². The highest BCUT2D eigenvalue weighted by molar-refractivity contribution is 5.97. The Labute approximate surface area is 120 Å². The van der Waals surface area contributed by atoms with Crippen molar-refractivity contribution < 1.29 is 14.7 Å². The number of Topliss-reactive ketones (excluding diaryl/α,β-unsaturated/α-hetero) is 1. The van der Waals surface area contributed by atoms with Gasteiger partial charge < -0.3 is 5.11 Å². The van der Waals surface area contributed by atoms with E-state index in [0.29, 0.717) is 6.54 Å². The summed E-state index contributed by atoms with van der Waals surface area (Å²) in [6, 6.07) is 1.44. The molecule has 0 saturated heterocycles. The molecule has 1 aromatic carbocycles. The normalized spacial score (nSPS) is 12.6. The number of carbonyl (C=O) groups is 2. The number of hydrogen-bond acceptors (Lipinski definition) is 3. The Hall–Kier alpha value is -1.68. The number of benzene rings is 1. The van der Waals surface area contributed by atoms with Crippen LogP contribution in [0.2, 0.25) is 0 Å². The summed E-state index contributed by atoms with van der Waals surface area (Å²) in [7, 11) is 1.78. The molecule has 0 spiro atoms. The number of carboxylic acids is 1. The molecular weight excluding hydrogens is 254 g/mol. The fourth-order valence-corrected chi connectivity index (χ4v) is 2.59. The van der Waals surface area contributed by atoms with Crippen LogP contribution in [-0.2, 0) is 11.3 Å². The van der Waals surface area contributed by atoms with Crippen molar-refractivity contribution in [1.29, 1.82) is 0 Å². The molecule has 0 amide bonds. The summed E-state index contributed by atoms with van der Waals surface area (Å²) in [4.78, 5) is 24.6. The van der Waals surface area contributed by atoms with Crippen LogP contribution in [0, 0.1) is 20.8 Å². The first kappa shape index (κ1) is 16.4. The fourth-order valence-electron chi connectivity index (χ4n) is 2.59. The summed E-state index contributed by atoms with van der Waals surface area (Å²) in [5, 5.41) is 9.06. The fraction of sp³-hybridized carbons (Fsp3) is 0.500. The second-order valence-corrected chi connectivity index (χ2v) is 5.47. The number of carboxylic acid groups (broad SMARTS) is 1. The van der Waals surface area contributed by atoms with Crippen LogP contribution in [-0.4, -0.2) is 34.8 Å². The Bertz CT molecular complexity index is 549. The molecule has 0 aliphatic heterocycles. The average molecular weight is 277 g/mol. The molecule has 0 heterocycles. The van der Waals surface area contributed by atoms with E-state index in [-0.39, 0.29) is 5.78 Å². The van der Waals surface area contributed by atoms with Crippen molar-refractivity contribution in [2.45, 2.75) is 47.2 Å². The molecule has 0 aromatic heterocycles. The van der Waals surface area contributed by atoms with Gasteiger partial charge in [-0.05, 0) is 63.9 Å². The van der Waals surface area contributed by atoms with E-state index in [9.17, 15) is 9.59 Å². The molecule has 1 N–H and O–H groups in total. The molecule has 0 aliphatic carbocycles. The molecular formula is C16H23NO3. The van der Waals surface area contributed by atoms with Crippen molar-refractivity contribution in [3.05, 3.63) is 33.9 Å². The van der Waals surface area contributed by atoms with Crippen LogP contribution >= 0.6 is 0 Å². The van der Waals surface area contributed by atoms with Crippen molar-refractivity contribution in [1.82, 2.24) is 4.90 Å². The van der Waals surface area contributed by atoms with Gasteiger partial charge in [-0.2, -0.15) is 0 Å². The minimum absolute atomic E-state index is 0.0511. The predicted octanol–water partition coefficient (Wildman–Crippen LogP) is 2.72. The lowest BCUT2D eigenvalue weighted by atomic mass is 9.91. The van der Waals surface area contributed by atoms with Gasteiger partial charge in [0, 0.05) is 12.1 Å². The average Bonchev–Trinajstić information content (AvgIpc) is 2.32. The number of hydrogen-bond donors (Lipinski definition) is 1. The van der Waals surface area contributed by atoms with E-state index >= 15 is 0 Å². The summed E-state index contributed by atoms with van der Waals surface area (Å²) in [6.07, 6.45) is 0. The van der Waals surface area contributed by atoms with E-state index < -0.39 is 12.0 Å². The van der Waals surface area contributed by atoms with Crippen molar-refractivity contribution in [2.75, 3.05) is 7.05 Å². The lowest BCUT2D eigenvalue weighted by Gasteiger charge is -2.24. The highest BCUT2D eigenvalue weighted by Gasteiger charge is 2.20.